The number of likely N-dealkylation sites (N-methyl/N-ethyl adjacent to an activating group) is 2. The summed E-state index contributed by atoms with van der Waals surface area (Å²) in [6.45, 7) is 17.8. The van der Waals surface area contributed by atoms with Crippen molar-refractivity contribution in [3.63, 3.8) is 0 Å². The van der Waals surface area contributed by atoms with Gasteiger partial charge in [-0.3, -0.25) is 24.0 Å². The maximum absolute atomic E-state index is 14.3. The Morgan fingerprint density at radius 1 is 0.917 bits per heavy atom. The van der Waals surface area contributed by atoms with Gasteiger partial charge < -0.3 is 50.2 Å². The minimum absolute atomic E-state index is 0.0113. The molecule has 0 spiro atoms. The highest BCUT2D eigenvalue weighted by Gasteiger charge is 2.38. The molecule has 0 aromatic heterocycles. The lowest BCUT2D eigenvalue weighted by molar-refractivity contribution is -0.155. The summed E-state index contributed by atoms with van der Waals surface area (Å²) >= 11 is 6.15. The monoisotopic (exact) mass is 1030 g/mol. The normalized spacial score (nSPS) is 25.6. The van der Waals surface area contributed by atoms with Gasteiger partial charge in [-0.1, -0.05) is 89.8 Å². The maximum Gasteiger partial charge on any atom is 0.409 e. The van der Waals surface area contributed by atoms with E-state index in [4.69, 9.17) is 25.8 Å². The van der Waals surface area contributed by atoms with Crippen molar-refractivity contribution < 1.29 is 52.6 Å². The van der Waals surface area contributed by atoms with Crippen LogP contribution in [0.5, 0.6) is 0 Å². The van der Waals surface area contributed by atoms with Crippen molar-refractivity contribution in [2.75, 3.05) is 47.8 Å². The lowest BCUT2D eigenvalue weighted by atomic mass is 9.90. The largest absolute Gasteiger partial charge is 0.456 e. The van der Waals surface area contributed by atoms with Crippen LogP contribution in [0.4, 0.5) is 4.79 Å². The number of halogens is 1. The minimum atomic E-state index is -1.32. The smallest absolute Gasteiger partial charge is 0.409 e. The van der Waals surface area contributed by atoms with Crippen molar-refractivity contribution in [1.82, 2.24) is 36.0 Å². The zero-order chi connectivity index (χ0) is 54.4. The third-order valence-corrected chi connectivity index (χ3v) is 13.4. The molecule has 0 radical (unpaired) electrons. The number of nitrogens with zero attached hydrogens (tertiary/aromatic N) is 3. The number of hydrogen-bond acceptors (Lipinski definition) is 12. The molecule has 1 aliphatic heterocycles. The molecule has 1 aromatic rings. The Bertz CT molecular complexity index is 2050. The van der Waals surface area contributed by atoms with Crippen molar-refractivity contribution in [3.05, 3.63) is 58.1 Å². The zero-order valence-electron chi connectivity index (χ0n) is 45.2. The fraction of sp³-hybridized carbons (Fsp3) is 0.660. The van der Waals surface area contributed by atoms with Crippen LogP contribution in [0, 0.1) is 17.8 Å². The van der Waals surface area contributed by atoms with Gasteiger partial charge in [0.2, 0.25) is 23.6 Å². The molecule has 18 nitrogen and oxygen atoms in total. The van der Waals surface area contributed by atoms with E-state index >= 15 is 0 Å². The van der Waals surface area contributed by atoms with Crippen molar-refractivity contribution in [2.45, 2.75) is 163 Å². The second kappa shape index (κ2) is 31.2. The number of nitrogens with one attached hydrogen (secondary N) is 4. The first-order valence-electron chi connectivity index (χ1n) is 25.3. The number of hydrogen-bond donors (Lipinski definition) is 4. The highest BCUT2D eigenvalue weighted by molar-refractivity contribution is 6.30. The highest BCUT2D eigenvalue weighted by Crippen LogP contribution is 2.27. The Morgan fingerprint density at radius 3 is 2.14 bits per heavy atom. The van der Waals surface area contributed by atoms with Crippen molar-refractivity contribution in [2.24, 2.45) is 17.8 Å². The first-order valence-corrected chi connectivity index (χ1v) is 25.7. The summed E-state index contributed by atoms with van der Waals surface area (Å²) in [5.74, 6) is -6.19. The van der Waals surface area contributed by atoms with Crippen LogP contribution in [-0.2, 0) is 54.2 Å². The van der Waals surface area contributed by atoms with E-state index in [1.54, 1.807) is 71.2 Å². The van der Waals surface area contributed by atoms with Crippen LogP contribution in [0.2, 0.25) is 5.02 Å². The number of cyclic esters (lactones) is 2. The molecule has 4 N–H and O–H groups in total. The van der Waals surface area contributed by atoms with Crippen LogP contribution in [-0.4, -0.2) is 153 Å². The molecule has 2 unspecified atom stereocenters. The average Bonchev–Trinajstić information content (AvgIpc) is 3.34. The molecule has 72 heavy (non-hydrogen) atoms. The fourth-order valence-corrected chi connectivity index (χ4v) is 8.14. The van der Waals surface area contributed by atoms with Crippen LogP contribution in [0.15, 0.2) is 47.6 Å². The first-order chi connectivity index (χ1) is 33.9. The van der Waals surface area contributed by atoms with Gasteiger partial charge in [0.15, 0.2) is 6.10 Å². The molecule has 9 atom stereocenters. The predicted molar refractivity (Wildman–Crippen MR) is 277 cm³/mol. The topological polar surface area (TPSA) is 222 Å². The van der Waals surface area contributed by atoms with Gasteiger partial charge >= 0.3 is 18.0 Å². The summed E-state index contributed by atoms with van der Waals surface area (Å²) in [6.07, 6.45) is 3.64. The number of benzene rings is 1. The summed E-state index contributed by atoms with van der Waals surface area (Å²) in [7, 11) is 6.36. The molecule has 0 fully saturated rings. The third-order valence-electron chi connectivity index (χ3n) is 13.1. The van der Waals surface area contributed by atoms with Crippen LogP contribution in [0.1, 0.15) is 120 Å². The number of ether oxygens (including phenoxy) is 3. The predicted octanol–water partition coefficient (Wildman–Crippen LogP) is 5.75. The Labute approximate surface area is 433 Å². The number of unbranched alkanes of at least 4 members (excludes halogenated alkanes) is 3. The van der Waals surface area contributed by atoms with Gasteiger partial charge in [0.25, 0.3) is 5.91 Å². The molecule has 0 saturated heterocycles. The number of amides is 6. The Hall–Kier alpha value is -5.49. The molecule has 1 heterocycles. The van der Waals surface area contributed by atoms with Crippen LogP contribution in [0.3, 0.4) is 0 Å². The highest BCUT2D eigenvalue weighted by atomic mass is 35.5. The van der Waals surface area contributed by atoms with Crippen molar-refractivity contribution in [1.29, 1.82) is 0 Å². The molecule has 0 bridgehead atoms. The van der Waals surface area contributed by atoms with E-state index in [9.17, 15) is 38.4 Å². The molecule has 0 aliphatic carbocycles. The summed E-state index contributed by atoms with van der Waals surface area (Å²) in [5, 5.41) is 11.7. The van der Waals surface area contributed by atoms with E-state index < -0.39 is 108 Å². The SMILES string of the molecule is C/C=C(\C)[C@H]1OC(=O)[C@@H](C)NC(=O)[C@H]([C@H](C)CC)NC(=O)CN(C)C(=O)[C@@H](Cc2ccc(Cl)cc2)N(C)C(=O)C(C)NC(=O)[C@@H](CC(C)C)OC(=O)/C(C)=C/CC(OC(=O)N(C)CCCCCCNC)[C@@H]1C. The standard InChI is InChI=1S/C53H84ClN7O11/c1-15-33(5)45-48(64)57-38(10)52(68)72-46(34(6)16-2)36(8)42(71-53(69)59(12)28-20-18-17-19-27-55-11)26-21-35(7)51(67)70-43(29-32(3)4)47(63)56-37(9)49(65)61(14)41(30-39-22-24-40(54)25-23-39)50(66)60(13)31-44(62)58-45/h16,21-25,32-33,36-38,41-43,45-46,55H,15,17-20,26-31H2,1-14H3,(H,56,63)(H,57,64)(H,58,62)/b34-16+,35-21+/t33-,36+,37?,38-,41-,42?,43-,45+,46-/m1/s1. The maximum atomic E-state index is 14.3. The number of carbonyl (C=O) groups excluding carboxylic acids is 8. The lowest BCUT2D eigenvalue weighted by Crippen LogP contribution is -2.57. The Balaban J connectivity index is 2.71. The molecule has 2 rings (SSSR count). The Kier molecular flexibility index (Phi) is 27.1. The molecule has 1 aromatic carbocycles. The second-order valence-corrected chi connectivity index (χ2v) is 20.1. The molecule has 6 amide bonds. The van der Waals surface area contributed by atoms with Gasteiger partial charge in [-0.25, -0.2) is 14.4 Å². The van der Waals surface area contributed by atoms with Gasteiger partial charge in [-0.2, -0.15) is 0 Å². The Morgan fingerprint density at radius 2 is 1.54 bits per heavy atom. The van der Waals surface area contributed by atoms with Gasteiger partial charge in [0.05, 0.1) is 6.54 Å². The number of allylic oxidation sites excluding steroid dienone is 1. The van der Waals surface area contributed by atoms with Crippen molar-refractivity contribution >= 4 is 59.2 Å². The zero-order valence-corrected chi connectivity index (χ0v) is 46.0. The van der Waals surface area contributed by atoms with Gasteiger partial charge in [0.1, 0.15) is 36.4 Å². The lowest BCUT2D eigenvalue weighted by Gasteiger charge is -2.33. The van der Waals surface area contributed by atoms with E-state index in [1.807, 2.05) is 27.8 Å². The van der Waals surface area contributed by atoms with Gasteiger partial charge in [-0.15, -0.1) is 0 Å². The third kappa shape index (κ3) is 20.2. The van der Waals surface area contributed by atoms with E-state index in [-0.39, 0.29) is 30.8 Å². The summed E-state index contributed by atoms with van der Waals surface area (Å²) in [6, 6.07) is 2.00. The van der Waals surface area contributed by atoms with E-state index in [2.05, 4.69) is 21.3 Å². The quantitative estimate of drug-likeness (QED) is 0.0715. The second-order valence-electron chi connectivity index (χ2n) is 19.6. The molecule has 19 heteroatoms. The van der Waals surface area contributed by atoms with Gasteiger partial charge in [0, 0.05) is 57.0 Å². The van der Waals surface area contributed by atoms with Crippen LogP contribution < -0.4 is 21.3 Å². The van der Waals surface area contributed by atoms with Crippen LogP contribution >= 0.6 is 11.6 Å². The van der Waals surface area contributed by atoms with E-state index in [0.29, 0.717) is 29.1 Å². The molecular weight excluding hydrogens is 946 g/mol. The van der Waals surface area contributed by atoms with Gasteiger partial charge in [-0.05, 0) is 103 Å². The molecular formula is C53H84ClN7O11. The van der Waals surface area contributed by atoms with E-state index in [0.717, 1.165) is 37.1 Å². The molecule has 0 saturated carbocycles. The summed E-state index contributed by atoms with van der Waals surface area (Å²) in [4.78, 5) is 115. The van der Waals surface area contributed by atoms with E-state index in [1.165, 1.54) is 44.7 Å². The van der Waals surface area contributed by atoms with Crippen molar-refractivity contribution in [3.8, 4) is 0 Å². The fourth-order valence-electron chi connectivity index (χ4n) is 8.01. The minimum Gasteiger partial charge on any atom is -0.456 e. The average molecular weight is 1030 g/mol. The number of carbonyl (C=O) groups is 8. The number of rotatable bonds is 15. The number of esters is 2. The van der Waals surface area contributed by atoms with Crippen LogP contribution in [0.25, 0.3) is 0 Å². The molecule has 404 valence electrons. The molecule has 1 aliphatic rings. The summed E-state index contributed by atoms with van der Waals surface area (Å²) in [5.41, 5.74) is 1.38. The first kappa shape index (κ1) is 62.6. The summed E-state index contributed by atoms with van der Waals surface area (Å²) < 4.78 is 18.1.